The number of benzene rings is 2. The molecule has 0 unspecified atom stereocenters. The first-order valence-electron chi connectivity index (χ1n) is 7.73. The Kier molecular flexibility index (Phi) is 6.93. The van der Waals surface area contributed by atoms with Crippen LogP contribution in [0.4, 0.5) is 0 Å². The molecule has 0 aliphatic carbocycles. The van der Waals surface area contributed by atoms with E-state index in [1.54, 1.807) is 12.1 Å². The fourth-order valence-electron chi connectivity index (χ4n) is 2.04. The van der Waals surface area contributed by atoms with Crippen LogP contribution in [0.15, 0.2) is 59.5 Å². The van der Waals surface area contributed by atoms with E-state index in [1.165, 1.54) is 12.1 Å². The Labute approximate surface area is 143 Å². The van der Waals surface area contributed by atoms with E-state index >= 15 is 0 Å². The molecule has 24 heavy (non-hydrogen) atoms. The van der Waals surface area contributed by atoms with Crippen molar-refractivity contribution >= 4 is 10.1 Å². The number of aryl methyl sites for hydroxylation is 1. The van der Waals surface area contributed by atoms with E-state index in [2.05, 4.69) is 0 Å². The van der Waals surface area contributed by atoms with Crippen LogP contribution >= 0.6 is 0 Å². The third-order valence-corrected chi connectivity index (χ3v) is 4.75. The van der Waals surface area contributed by atoms with Crippen molar-refractivity contribution in [3.05, 3.63) is 65.7 Å². The molecule has 1 atom stereocenters. The Morgan fingerprint density at radius 2 is 1.71 bits per heavy atom. The molecule has 5 nitrogen and oxygen atoms in total. The van der Waals surface area contributed by atoms with Crippen molar-refractivity contribution in [2.24, 2.45) is 0 Å². The molecule has 0 saturated heterocycles. The van der Waals surface area contributed by atoms with Gasteiger partial charge in [0.05, 0.1) is 30.8 Å². The van der Waals surface area contributed by atoms with Crippen LogP contribution in [-0.4, -0.2) is 32.8 Å². The molecule has 1 N–H and O–H groups in total. The van der Waals surface area contributed by atoms with Gasteiger partial charge in [-0.3, -0.25) is 4.18 Å². The summed E-state index contributed by atoms with van der Waals surface area (Å²) in [6.45, 7) is 2.32. The summed E-state index contributed by atoms with van der Waals surface area (Å²) < 4.78 is 34.3. The Morgan fingerprint density at radius 3 is 2.38 bits per heavy atom. The van der Waals surface area contributed by atoms with Crippen molar-refractivity contribution in [3.8, 4) is 0 Å². The van der Waals surface area contributed by atoms with Crippen molar-refractivity contribution in [2.45, 2.75) is 31.0 Å². The van der Waals surface area contributed by atoms with Crippen LogP contribution in [0, 0.1) is 6.92 Å². The number of aliphatic hydroxyl groups is 1. The lowest BCUT2D eigenvalue weighted by Gasteiger charge is -2.12. The third-order valence-electron chi connectivity index (χ3n) is 3.42. The molecule has 0 heterocycles. The molecule has 0 aromatic heterocycles. The van der Waals surface area contributed by atoms with Gasteiger partial charge in [-0.25, -0.2) is 0 Å². The van der Waals surface area contributed by atoms with E-state index in [1.807, 2.05) is 37.3 Å². The first-order valence-corrected chi connectivity index (χ1v) is 9.14. The second-order valence-corrected chi connectivity index (χ2v) is 7.15. The van der Waals surface area contributed by atoms with Gasteiger partial charge < -0.3 is 9.84 Å². The Bertz CT molecular complexity index is 711. The second kappa shape index (κ2) is 8.94. The zero-order valence-corrected chi connectivity index (χ0v) is 14.4. The van der Waals surface area contributed by atoms with Crippen LogP contribution in [0.2, 0.25) is 0 Å². The van der Waals surface area contributed by atoms with Crippen molar-refractivity contribution in [3.63, 3.8) is 0 Å². The van der Waals surface area contributed by atoms with Gasteiger partial charge in [0.15, 0.2) is 0 Å². The first-order chi connectivity index (χ1) is 11.5. The van der Waals surface area contributed by atoms with E-state index in [-0.39, 0.29) is 24.5 Å². The molecule has 0 aliphatic rings. The minimum Gasteiger partial charge on any atom is -0.391 e. The highest BCUT2D eigenvalue weighted by Crippen LogP contribution is 2.13. The summed E-state index contributed by atoms with van der Waals surface area (Å²) in [5.41, 5.74) is 1.99. The largest absolute Gasteiger partial charge is 0.391 e. The van der Waals surface area contributed by atoms with E-state index < -0.39 is 16.2 Å². The van der Waals surface area contributed by atoms with Gasteiger partial charge in [-0.2, -0.15) is 8.42 Å². The van der Waals surface area contributed by atoms with Gasteiger partial charge in [0.25, 0.3) is 10.1 Å². The molecular weight excluding hydrogens is 328 g/mol. The topological polar surface area (TPSA) is 72.8 Å². The highest BCUT2D eigenvalue weighted by atomic mass is 32.2. The summed E-state index contributed by atoms with van der Waals surface area (Å²) in [6, 6.07) is 16.1. The third kappa shape index (κ3) is 6.05. The molecule has 2 aromatic carbocycles. The molecule has 0 aliphatic heterocycles. The molecule has 0 amide bonds. The lowest BCUT2D eigenvalue weighted by atomic mass is 10.2. The van der Waals surface area contributed by atoms with Gasteiger partial charge in [-0.15, -0.1) is 0 Å². The number of hydrogen-bond acceptors (Lipinski definition) is 5. The van der Waals surface area contributed by atoms with Gasteiger partial charge in [-0.1, -0.05) is 48.0 Å². The zero-order valence-electron chi connectivity index (χ0n) is 13.6. The molecule has 0 bridgehead atoms. The number of rotatable bonds is 9. The van der Waals surface area contributed by atoms with Gasteiger partial charge in [0.1, 0.15) is 0 Å². The quantitative estimate of drug-likeness (QED) is 0.704. The molecule has 6 heteroatoms. The predicted molar refractivity (Wildman–Crippen MR) is 91.0 cm³/mol. The number of aliphatic hydroxyl groups excluding tert-OH is 1. The summed E-state index contributed by atoms with van der Waals surface area (Å²) >= 11 is 0. The zero-order chi connectivity index (χ0) is 17.4. The average molecular weight is 350 g/mol. The first kappa shape index (κ1) is 18.6. The standard InChI is InChI=1S/C18H22O5S/c1-15-7-9-18(10-8-15)24(20,21)23-12-11-17(19)14-22-13-16-5-3-2-4-6-16/h2-10,17,19H,11-14H2,1H3/t17-/m0/s1. The number of ether oxygens (including phenoxy) is 1. The normalized spacial score (nSPS) is 12.9. The van der Waals surface area contributed by atoms with Crippen molar-refractivity contribution in [1.29, 1.82) is 0 Å². The lowest BCUT2D eigenvalue weighted by molar-refractivity contribution is 0.0188. The van der Waals surface area contributed by atoms with Crippen LogP contribution < -0.4 is 0 Å². The smallest absolute Gasteiger partial charge is 0.296 e. The van der Waals surface area contributed by atoms with E-state index in [0.29, 0.717) is 6.61 Å². The van der Waals surface area contributed by atoms with Gasteiger partial charge in [0.2, 0.25) is 0 Å². The summed E-state index contributed by atoms with van der Waals surface area (Å²) in [7, 11) is -3.79. The van der Waals surface area contributed by atoms with E-state index in [9.17, 15) is 13.5 Å². The summed E-state index contributed by atoms with van der Waals surface area (Å²) in [4.78, 5) is 0.114. The van der Waals surface area contributed by atoms with Crippen molar-refractivity contribution in [1.82, 2.24) is 0 Å². The molecule has 0 fully saturated rings. The highest BCUT2D eigenvalue weighted by Gasteiger charge is 2.15. The van der Waals surface area contributed by atoms with Gasteiger partial charge in [-0.05, 0) is 24.6 Å². The van der Waals surface area contributed by atoms with Crippen LogP contribution in [0.25, 0.3) is 0 Å². The molecule has 0 radical (unpaired) electrons. The van der Waals surface area contributed by atoms with Crippen LogP contribution in [0.3, 0.4) is 0 Å². The average Bonchev–Trinajstić information content (AvgIpc) is 2.56. The summed E-state index contributed by atoms with van der Waals surface area (Å²) in [5, 5.41) is 9.83. The van der Waals surface area contributed by atoms with Crippen molar-refractivity contribution < 1.29 is 22.4 Å². The lowest BCUT2D eigenvalue weighted by Crippen LogP contribution is -2.19. The fraction of sp³-hybridized carbons (Fsp3) is 0.333. The molecule has 0 saturated carbocycles. The maximum Gasteiger partial charge on any atom is 0.296 e. The fourth-order valence-corrected chi connectivity index (χ4v) is 2.96. The molecular formula is C18H22O5S. The summed E-state index contributed by atoms with van der Waals surface area (Å²) in [6.07, 6.45) is -0.596. The molecule has 0 spiro atoms. The number of hydrogen-bond donors (Lipinski definition) is 1. The Hall–Kier alpha value is -1.73. The second-order valence-electron chi connectivity index (χ2n) is 5.53. The Morgan fingerprint density at radius 1 is 1.04 bits per heavy atom. The van der Waals surface area contributed by atoms with Gasteiger partial charge in [0, 0.05) is 6.42 Å². The van der Waals surface area contributed by atoms with Crippen LogP contribution in [0.1, 0.15) is 17.5 Å². The molecule has 2 rings (SSSR count). The predicted octanol–water partition coefficient (Wildman–Crippen LogP) is 2.67. The minimum atomic E-state index is -3.79. The maximum absolute atomic E-state index is 12.0. The minimum absolute atomic E-state index is 0.0912. The summed E-state index contributed by atoms with van der Waals surface area (Å²) in [5.74, 6) is 0. The van der Waals surface area contributed by atoms with Crippen LogP contribution in [0.5, 0.6) is 0 Å². The SMILES string of the molecule is Cc1ccc(S(=O)(=O)OCC[C@H](O)COCc2ccccc2)cc1. The maximum atomic E-state index is 12.0. The van der Waals surface area contributed by atoms with Gasteiger partial charge >= 0.3 is 0 Å². The van der Waals surface area contributed by atoms with Crippen LogP contribution in [-0.2, 0) is 25.6 Å². The van der Waals surface area contributed by atoms with E-state index in [0.717, 1.165) is 11.1 Å². The Balaban J connectivity index is 1.70. The highest BCUT2D eigenvalue weighted by molar-refractivity contribution is 7.86. The molecule has 130 valence electrons. The van der Waals surface area contributed by atoms with E-state index in [4.69, 9.17) is 8.92 Å². The van der Waals surface area contributed by atoms with Crippen molar-refractivity contribution in [2.75, 3.05) is 13.2 Å². The monoisotopic (exact) mass is 350 g/mol. The molecule has 2 aromatic rings.